The highest BCUT2D eigenvalue weighted by Crippen LogP contribution is 2.47. The first-order valence-electron chi connectivity index (χ1n) is 30.2. The van der Waals surface area contributed by atoms with Crippen LogP contribution in [0.5, 0.6) is 11.5 Å². The largest absolute Gasteiger partial charge is 0.487 e. The number of esters is 1. The molecule has 452 valence electrons. The van der Waals surface area contributed by atoms with Gasteiger partial charge in [0.25, 0.3) is 11.8 Å². The summed E-state index contributed by atoms with van der Waals surface area (Å²) in [6.45, 7) is 18.7. The van der Waals surface area contributed by atoms with Crippen LogP contribution < -0.4 is 14.8 Å². The van der Waals surface area contributed by atoms with Crippen molar-refractivity contribution < 1.29 is 42.8 Å². The molecule has 10 rings (SSSR count). The number of aryl methyl sites for hydroxylation is 1. The van der Waals surface area contributed by atoms with Gasteiger partial charge in [0.1, 0.15) is 25.4 Å². The number of unbranched alkanes of at least 4 members (excludes halogenated alkanes) is 3. The number of aromatic nitrogens is 6. The highest BCUT2D eigenvalue weighted by Gasteiger charge is 2.42. The Morgan fingerprint density at radius 1 is 0.736 bits per heavy atom. The number of hydrogen-bond acceptors (Lipinski definition) is 14. The zero-order valence-electron chi connectivity index (χ0n) is 51.8. The van der Waals surface area contributed by atoms with Crippen LogP contribution in [0.3, 0.4) is 0 Å². The molecule has 4 aliphatic heterocycles. The molecule has 0 saturated heterocycles. The van der Waals surface area contributed by atoms with Crippen molar-refractivity contribution in [3.05, 3.63) is 153 Å². The summed E-state index contributed by atoms with van der Waals surface area (Å²) < 4.78 is 34.3. The van der Waals surface area contributed by atoms with E-state index < -0.39 is 11.8 Å². The van der Waals surface area contributed by atoms with E-state index in [9.17, 15) is 4.79 Å². The molecule has 0 spiro atoms. The Hall–Kier alpha value is -8.69. The van der Waals surface area contributed by atoms with Gasteiger partial charge < -0.3 is 43.7 Å². The second-order valence-electron chi connectivity index (χ2n) is 22.7. The lowest BCUT2D eigenvalue weighted by Gasteiger charge is -2.29. The summed E-state index contributed by atoms with van der Waals surface area (Å²) in [5, 5.41) is 4.17. The van der Waals surface area contributed by atoms with E-state index in [0.29, 0.717) is 107 Å². The molecular formula is C70H78N8O9. The monoisotopic (exact) mass is 1170 g/mol. The van der Waals surface area contributed by atoms with Gasteiger partial charge in [-0.1, -0.05) is 77.0 Å². The summed E-state index contributed by atoms with van der Waals surface area (Å²) in [4.78, 5) is 72.6. The number of nitrogens with zero attached hydrogens (tertiary/aromatic N) is 5. The van der Waals surface area contributed by atoms with E-state index in [-0.39, 0.29) is 42.8 Å². The van der Waals surface area contributed by atoms with Crippen LogP contribution in [0.4, 0.5) is 11.5 Å². The molecule has 0 radical (unpaired) electrons. The van der Waals surface area contributed by atoms with Crippen molar-refractivity contribution in [2.45, 2.75) is 118 Å². The molecule has 4 aliphatic rings. The van der Waals surface area contributed by atoms with Crippen LogP contribution >= 0.6 is 0 Å². The number of carbonyl (C=O) groups excluding carboxylic acids is 3. The lowest BCUT2D eigenvalue weighted by molar-refractivity contribution is -0.141. The molecule has 3 aromatic heterocycles. The summed E-state index contributed by atoms with van der Waals surface area (Å²) in [6, 6.07) is 25.1. The third kappa shape index (κ3) is 13.0. The molecule has 2 amide bonds. The maximum atomic E-state index is 15.7. The van der Waals surface area contributed by atoms with E-state index in [2.05, 4.69) is 90.8 Å². The number of amides is 2. The number of carbonyl (C=O) groups is 3. The number of anilines is 2. The molecule has 3 aromatic carbocycles. The van der Waals surface area contributed by atoms with Crippen LogP contribution in [0, 0.1) is 24.7 Å². The average molecular weight is 1180 g/mol. The first-order chi connectivity index (χ1) is 42.1. The normalized spacial score (nSPS) is 15.8. The number of benzene rings is 3. The SMILES string of the molecule is CCCCCCOC(C)C1=C(C)c2cc3[nH]c(c4c5[nH]c(cc6nc(cc1n2)C(C)=C6CC)c(C)c5C(=O)N(Cc1cccc(C#Cc2cccc(Nc5ncnc6cc(OCCOC)c(OCCOC)cc56)c2)c1)C4=O)[C@@H]([C@@H](C)CC(=O)OC)C3C. The van der Waals surface area contributed by atoms with Crippen LogP contribution in [0.2, 0.25) is 0 Å². The number of aromatic amines is 2. The number of rotatable bonds is 23. The zero-order chi connectivity index (χ0) is 61.5. The fourth-order valence-electron chi connectivity index (χ4n) is 12.3. The van der Waals surface area contributed by atoms with Gasteiger partial charge in [0.15, 0.2) is 11.5 Å². The van der Waals surface area contributed by atoms with Crippen LogP contribution in [0.1, 0.15) is 176 Å². The van der Waals surface area contributed by atoms with E-state index in [4.69, 9.17) is 38.4 Å². The van der Waals surface area contributed by atoms with Gasteiger partial charge in [-0.25, -0.2) is 19.9 Å². The number of allylic oxidation sites excluding steroid dienone is 3. The number of fused-ring (bicyclic) bond motifs is 9. The minimum absolute atomic E-state index is 0.0380. The standard InChI is InChI=1S/C70H78N8O9/c1-12-14-15-16-25-85-45(8)63-43(6)53-34-54-42(5)62(40(3)30-61(79)84-11)66(76-54)65-67-64(44(7)55(77-67)35-57-50(13-2)41(4)52(74-57)36-58(63)75-53)69(80)78(70(65)81)38-48-21-17-19-46(31-48)23-24-47-20-18-22-49(32-47)73-68-51-33-59(86-28-26-82-9)60(87-29-27-83-10)37-56(51)71-39-72-68/h17-22,31-37,39-40,42,45,62,76-77H,12-16,25-30,38H2,1-11H3,(H,71,72,73)/t40-,42?,45?,62-/m0/s1. The molecule has 8 bridgehead atoms. The predicted octanol–water partition coefficient (Wildman–Crippen LogP) is 13.6. The van der Waals surface area contributed by atoms with E-state index >= 15 is 9.59 Å². The smallest absolute Gasteiger partial charge is 0.305 e. The summed E-state index contributed by atoms with van der Waals surface area (Å²) >= 11 is 0. The maximum Gasteiger partial charge on any atom is 0.305 e. The molecular weight excluding hydrogens is 1100 g/mol. The van der Waals surface area contributed by atoms with Gasteiger partial charge >= 0.3 is 5.97 Å². The van der Waals surface area contributed by atoms with Gasteiger partial charge in [-0.05, 0) is 129 Å². The van der Waals surface area contributed by atoms with E-state index in [0.717, 1.165) is 93.1 Å². The Labute approximate surface area is 509 Å². The van der Waals surface area contributed by atoms with E-state index in [1.165, 1.54) is 18.3 Å². The fourth-order valence-corrected chi connectivity index (χ4v) is 12.3. The predicted molar refractivity (Wildman–Crippen MR) is 339 cm³/mol. The number of imide groups is 1. The van der Waals surface area contributed by atoms with Gasteiger partial charge in [0, 0.05) is 89.8 Å². The lowest BCUT2D eigenvalue weighted by atomic mass is 9.78. The second kappa shape index (κ2) is 27.3. The molecule has 17 nitrogen and oxygen atoms in total. The third-order valence-electron chi connectivity index (χ3n) is 16.9. The Balaban J connectivity index is 1.03. The van der Waals surface area contributed by atoms with Crippen molar-refractivity contribution in [3.8, 4) is 23.3 Å². The molecule has 2 unspecified atom stereocenters. The van der Waals surface area contributed by atoms with E-state index in [1.54, 1.807) is 14.2 Å². The van der Waals surface area contributed by atoms with Crippen molar-refractivity contribution >= 4 is 73.5 Å². The average Bonchev–Trinajstić information content (AvgIpc) is 1.90. The number of ether oxygens (including phenoxy) is 6. The van der Waals surface area contributed by atoms with Crippen molar-refractivity contribution in [1.29, 1.82) is 0 Å². The fraction of sp³-hybridized carbons (Fsp3) is 0.386. The minimum Gasteiger partial charge on any atom is -0.487 e. The molecule has 3 N–H and O–H groups in total. The van der Waals surface area contributed by atoms with Crippen LogP contribution in [0.25, 0.3) is 44.2 Å². The van der Waals surface area contributed by atoms with Gasteiger partial charge in [0.2, 0.25) is 0 Å². The summed E-state index contributed by atoms with van der Waals surface area (Å²) in [6.07, 6.45) is 6.46. The van der Waals surface area contributed by atoms with Crippen LogP contribution in [0.15, 0.2) is 85.2 Å². The Morgan fingerprint density at radius 2 is 1.44 bits per heavy atom. The Morgan fingerprint density at radius 3 is 2.16 bits per heavy atom. The maximum absolute atomic E-state index is 15.7. The molecule has 0 aliphatic carbocycles. The van der Waals surface area contributed by atoms with Gasteiger partial charge in [-0.3, -0.25) is 19.3 Å². The van der Waals surface area contributed by atoms with Crippen LogP contribution in [-0.4, -0.2) is 113 Å². The summed E-state index contributed by atoms with van der Waals surface area (Å²) in [5.74, 6) is 6.11. The first kappa shape index (κ1) is 61.4. The zero-order valence-corrected chi connectivity index (χ0v) is 51.8. The number of hydrogen-bond donors (Lipinski definition) is 3. The first-order valence-corrected chi connectivity index (χ1v) is 30.2. The summed E-state index contributed by atoms with van der Waals surface area (Å²) in [7, 11) is 4.63. The molecule has 17 heteroatoms. The molecule has 0 fully saturated rings. The van der Waals surface area contributed by atoms with Crippen molar-refractivity contribution in [1.82, 2.24) is 34.8 Å². The van der Waals surface area contributed by atoms with Crippen molar-refractivity contribution in [3.63, 3.8) is 0 Å². The van der Waals surface area contributed by atoms with Crippen LogP contribution in [-0.2, 0) is 30.3 Å². The van der Waals surface area contributed by atoms with Gasteiger partial charge in [-0.15, -0.1) is 0 Å². The number of H-pyrrole nitrogens is 2. The second-order valence-corrected chi connectivity index (χ2v) is 22.7. The number of nitrogens with one attached hydrogen (secondary N) is 3. The topological polar surface area (TPSA) is 205 Å². The van der Waals surface area contributed by atoms with E-state index in [1.807, 2.05) is 80.6 Å². The summed E-state index contributed by atoms with van der Waals surface area (Å²) in [5.41, 5.74) is 14.7. The Bertz CT molecular complexity index is 3980. The van der Waals surface area contributed by atoms with Crippen molar-refractivity contribution in [2.75, 3.05) is 59.7 Å². The third-order valence-corrected chi connectivity index (χ3v) is 16.9. The van der Waals surface area contributed by atoms with Crippen molar-refractivity contribution in [2.24, 2.45) is 5.92 Å². The molecule has 4 atom stereocenters. The molecule has 87 heavy (non-hydrogen) atoms. The lowest BCUT2D eigenvalue weighted by Crippen LogP contribution is -2.40. The molecule has 7 heterocycles. The Kier molecular flexibility index (Phi) is 19.3. The minimum atomic E-state index is -0.471. The highest BCUT2D eigenvalue weighted by atomic mass is 16.5. The van der Waals surface area contributed by atoms with Gasteiger partial charge in [-0.2, -0.15) is 0 Å². The molecule has 0 saturated carbocycles. The quantitative estimate of drug-likeness (QED) is 0.0236. The van der Waals surface area contributed by atoms with Gasteiger partial charge in [0.05, 0.1) is 77.9 Å². The number of methoxy groups -OCH3 is 3. The molecule has 6 aromatic rings. The highest BCUT2D eigenvalue weighted by molar-refractivity contribution is 6.23.